The summed E-state index contributed by atoms with van der Waals surface area (Å²) in [6.45, 7) is 1.99. The summed E-state index contributed by atoms with van der Waals surface area (Å²) < 4.78 is 1.77. The normalized spacial score (nSPS) is 10.2. The second kappa shape index (κ2) is 5.02. The van der Waals surface area contributed by atoms with E-state index in [1.165, 1.54) is 0 Å². The molecule has 1 aromatic heterocycles. The van der Waals surface area contributed by atoms with Gasteiger partial charge in [-0.25, -0.2) is 4.68 Å². The Morgan fingerprint density at radius 2 is 1.80 bits per heavy atom. The molecule has 3 nitrogen and oxygen atoms in total. The van der Waals surface area contributed by atoms with Crippen molar-refractivity contribution in [2.24, 2.45) is 0 Å². The molecule has 20 heavy (non-hydrogen) atoms. The number of aromatic nitrogens is 2. The highest BCUT2D eigenvalue weighted by Crippen LogP contribution is 2.23. The smallest absolute Gasteiger partial charge is 0.101 e. The maximum atomic E-state index is 9.24. The minimum absolute atomic E-state index is 0.632. The molecular weight excluding hydrogens is 246 g/mol. The van der Waals surface area contributed by atoms with Crippen molar-refractivity contribution >= 4 is 0 Å². The standard InChI is InChI=1S/C17H13N3/c1-13-6-5-9-15(10-18)17(13)20-12-16(11-19-20)14-7-3-2-4-8-14/h2-9,11-12H,1H3. The molecule has 0 spiro atoms. The molecule has 0 unspecified atom stereocenters. The lowest BCUT2D eigenvalue weighted by Gasteiger charge is -2.07. The summed E-state index contributed by atoms with van der Waals surface area (Å²) in [6.07, 6.45) is 3.78. The van der Waals surface area contributed by atoms with Crippen molar-refractivity contribution in [1.82, 2.24) is 9.78 Å². The predicted molar refractivity (Wildman–Crippen MR) is 78.5 cm³/mol. The first-order chi connectivity index (χ1) is 9.79. The van der Waals surface area contributed by atoms with Crippen LogP contribution in [-0.2, 0) is 0 Å². The zero-order valence-corrected chi connectivity index (χ0v) is 11.1. The van der Waals surface area contributed by atoms with Crippen molar-refractivity contribution in [3.05, 3.63) is 72.1 Å². The Bertz CT molecular complexity index is 779. The zero-order chi connectivity index (χ0) is 13.9. The molecule has 3 rings (SSSR count). The number of nitriles is 1. The van der Waals surface area contributed by atoms with Gasteiger partial charge < -0.3 is 0 Å². The lowest BCUT2D eigenvalue weighted by Crippen LogP contribution is -2.00. The zero-order valence-electron chi connectivity index (χ0n) is 11.1. The highest BCUT2D eigenvalue weighted by molar-refractivity contribution is 5.63. The van der Waals surface area contributed by atoms with Crippen LogP contribution in [0.3, 0.4) is 0 Å². The molecule has 2 aromatic carbocycles. The van der Waals surface area contributed by atoms with Crippen LogP contribution >= 0.6 is 0 Å². The Hall–Kier alpha value is -2.86. The van der Waals surface area contributed by atoms with Crippen LogP contribution in [0.25, 0.3) is 16.8 Å². The van der Waals surface area contributed by atoms with E-state index in [0.29, 0.717) is 5.56 Å². The maximum absolute atomic E-state index is 9.24. The van der Waals surface area contributed by atoms with Crippen LogP contribution < -0.4 is 0 Å². The molecule has 0 atom stereocenters. The molecule has 0 aliphatic rings. The van der Waals surface area contributed by atoms with Gasteiger partial charge in [-0.05, 0) is 24.1 Å². The lowest BCUT2D eigenvalue weighted by atomic mass is 10.1. The van der Waals surface area contributed by atoms with Crippen molar-refractivity contribution in [1.29, 1.82) is 5.26 Å². The second-order valence-electron chi connectivity index (χ2n) is 4.62. The molecule has 3 heteroatoms. The molecule has 0 amide bonds. The Morgan fingerprint density at radius 1 is 1.00 bits per heavy atom. The molecule has 0 fully saturated rings. The number of rotatable bonds is 2. The average molecular weight is 259 g/mol. The summed E-state index contributed by atoms with van der Waals surface area (Å²) in [4.78, 5) is 0. The van der Waals surface area contributed by atoms with Gasteiger partial charge in [0.05, 0.1) is 17.4 Å². The molecule has 1 heterocycles. The molecule has 0 radical (unpaired) electrons. The molecular formula is C17H13N3. The van der Waals surface area contributed by atoms with Crippen molar-refractivity contribution in [2.75, 3.05) is 0 Å². The summed E-state index contributed by atoms with van der Waals surface area (Å²) >= 11 is 0. The first kappa shape index (κ1) is 12.2. The number of aryl methyl sites for hydroxylation is 1. The maximum Gasteiger partial charge on any atom is 0.101 e. The Labute approximate surface area is 117 Å². The highest BCUT2D eigenvalue weighted by Gasteiger charge is 2.09. The van der Waals surface area contributed by atoms with E-state index < -0.39 is 0 Å². The summed E-state index contributed by atoms with van der Waals surface area (Å²) in [7, 11) is 0. The van der Waals surface area contributed by atoms with Gasteiger partial charge in [0.1, 0.15) is 6.07 Å². The Balaban J connectivity index is 2.10. The first-order valence-electron chi connectivity index (χ1n) is 6.40. The van der Waals surface area contributed by atoms with E-state index in [9.17, 15) is 5.26 Å². The molecule has 0 bridgehead atoms. The third-order valence-corrected chi connectivity index (χ3v) is 3.28. The van der Waals surface area contributed by atoms with E-state index in [2.05, 4.69) is 11.2 Å². The quantitative estimate of drug-likeness (QED) is 0.703. The van der Waals surface area contributed by atoms with E-state index in [0.717, 1.165) is 22.4 Å². The van der Waals surface area contributed by atoms with E-state index in [-0.39, 0.29) is 0 Å². The molecule has 0 saturated carbocycles. The minimum Gasteiger partial charge on any atom is -0.239 e. The van der Waals surface area contributed by atoms with Crippen LogP contribution in [0.15, 0.2) is 60.9 Å². The number of nitrogens with zero attached hydrogens (tertiary/aromatic N) is 3. The fourth-order valence-electron chi connectivity index (χ4n) is 2.28. The first-order valence-corrected chi connectivity index (χ1v) is 6.40. The number of hydrogen-bond donors (Lipinski definition) is 0. The Morgan fingerprint density at radius 3 is 2.55 bits per heavy atom. The second-order valence-corrected chi connectivity index (χ2v) is 4.62. The van der Waals surface area contributed by atoms with Gasteiger partial charge in [0.15, 0.2) is 0 Å². The number of benzene rings is 2. The number of para-hydroxylation sites is 1. The topological polar surface area (TPSA) is 41.6 Å². The van der Waals surface area contributed by atoms with Crippen LogP contribution in [0.1, 0.15) is 11.1 Å². The van der Waals surface area contributed by atoms with Crippen molar-refractivity contribution < 1.29 is 0 Å². The summed E-state index contributed by atoms with van der Waals surface area (Å²) in [5.41, 5.74) is 4.67. The van der Waals surface area contributed by atoms with Crippen LogP contribution in [0, 0.1) is 18.3 Å². The van der Waals surface area contributed by atoms with Gasteiger partial charge in [-0.2, -0.15) is 10.4 Å². The van der Waals surface area contributed by atoms with E-state index >= 15 is 0 Å². The van der Waals surface area contributed by atoms with E-state index in [4.69, 9.17) is 0 Å². The third kappa shape index (κ3) is 2.08. The third-order valence-electron chi connectivity index (χ3n) is 3.28. The fourth-order valence-corrected chi connectivity index (χ4v) is 2.28. The van der Waals surface area contributed by atoms with Crippen molar-refractivity contribution in [3.63, 3.8) is 0 Å². The van der Waals surface area contributed by atoms with Crippen LogP contribution in [0.2, 0.25) is 0 Å². The fraction of sp³-hybridized carbons (Fsp3) is 0.0588. The molecule has 96 valence electrons. The molecule has 0 N–H and O–H groups in total. The average Bonchev–Trinajstić information content (AvgIpc) is 2.97. The summed E-state index contributed by atoms with van der Waals surface area (Å²) in [5.74, 6) is 0. The molecule has 0 saturated heterocycles. The van der Waals surface area contributed by atoms with Gasteiger partial charge in [-0.15, -0.1) is 0 Å². The van der Waals surface area contributed by atoms with E-state index in [1.807, 2.05) is 67.8 Å². The SMILES string of the molecule is Cc1cccc(C#N)c1-n1cc(-c2ccccc2)cn1. The van der Waals surface area contributed by atoms with Gasteiger partial charge in [-0.3, -0.25) is 0 Å². The summed E-state index contributed by atoms with van der Waals surface area (Å²) in [5, 5.41) is 13.6. The van der Waals surface area contributed by atoms with Crippen molar-refractivity contribution in [2.45, 2.75) is 6.92 Å². The lowest BCUT2D eigenvalue weighted by molar-refractivity contribution is 0.869. The predicted octanol–water partition coefficient (Wildman–Crippen LogP) is 3.72. The van der Waals surface area contributed by atoms with Gasteiger partial charge in [0.2, 0.25) is 0 Å². The summed E-state index contributed by atoms with van der Waals surface area (Å²) in [6, 6.07) is 18.0. The largest absolute Gasteiger partial charge is 0.239 e. The molecule has 0 aliphatic carbocycles. The monoisotopic (exact) mass is 259 g/mol. The highest BCUT2D eigenvalue weighted by atomic mass is 15.3. The molecule has 0 aliphatic heterocycles. The van der Waals surface area contributed by atoms with E-state index in [1.54, 1.807) is 4.68 Å². The van der Waals surface area contributed by atoms with Gasteiger partial charge in [-0.1, -0.05) is 42.5 Å². The van der Waals surface area contributed by atoms with Gasteiger partial charge in [0, 0.05) is 11.8 Å². The van der Waals surface area contributed by atoms with Crippen LogP contribution in [0.5, 0.6) is 0 Å². The van der Waals surface area contributed by atoms with Crippen LogP contribution in [-0.4, -0.2) is 9.78 Å². The van der Waals surface area contributed by atoms with Gasteiger partial charge >= 0.3 is 0 Å². The van der Waals surface area contributed by atoms with Crippen LogP contribution in [0.4, 0.5) is 0 Å². The molecule has 3 aromatic rings. The number of hydrogen-bond acceptors (Lipinski definition) is 2. The Kier molecular flexibility index (Phi) is 3.06. The minimum atomic E-state index is 0.632. The van der Waals surface area contributed by atoms with Gasteiger partial charge in [0.25, 0.3) is 0 Å². The van der Waals surface area contributed by atoms with Crippen molar-refractivity contribution in [3.8, 4) is 22.9 Å².